The van der Waals surface area contributed by atoms with Gasteiger partial charge in [0.1, 0.15) is 0 Å². The Labute approximate surface area is 124 Å². The summed E-state index contributed by atoms with van der Waals surface area (Å²) >= 11 is 11.2. The van der Waals surface area contributed by atoms with Gasteiger partial charge >= 0.3 is 3.92 Å². The molecular formula is C13H10Cl2FNOS. The highest BCUT2D eigenvalue weighted by molar-refractivity contribution is 8.01. The van der Waals surface area contributed by atoms with Crippen molar-refractivity contribution in [1.29, 1.82) is 0 Å². The molecule has 0 amide bonds. The second-order valence-electron chi connectivity index (χ2n) is 3.90. The minimum atomic E-state index is -2.44. The molecule has 0 N–H and O–H groups in total. The number of halogens is 3. The summed E-state index contributed by atoms with van der Waals surface area (Å²) in [6, 6.07) is 9.37. The Morgan fingerprint density at radius 1 is 1.26 bits per heavy atom. The van der Waals surface area contributed by atoms with Crippen LogP contribution in [-0.4, -0.2) is 13.7 Å². The van der Waals surface area contributed by atoms with Gasteiger partial charge in [-0.3, -0.25) is 8.77 Å². The molecule has 0 bridgehead atoms. The van der Waals surface area contributed by atoms with Gasteiger partial charge in [0.05, 0.1) is 0 Å². The van der Waals surface area contributed by atoms with Crippen LogP contribution >= 0.6 is 35.1 Å². The maximum absolute atomic E-state index is 13.2. The van der Waals surface area contributed by atoms with Crippen LogP contribution in [-0.2, 0) is 0 Å². The average Bonchev–Trinajstić information content (AvgIpc) is 2.72. The fourth-order valence-electron chi connectivity index (χ4n) is 1.73. The lowest BCUT2D eigenvalue weighted by Crippen LogP contribution is -2.00. The van der Waals surface area contributed by atoms with Crippen LogP contribution in [0.2, 0.25) is 0 Å². The van der Waals surface area contributed by atoms with Gasteiger partial charge in [0.15, 0.2) is 5.78 Å². The molecule has 0 radical (unpaired) electrons. The lowest BCUT2D eigenvalue weighted by molar-refractivity contribution is 0.101. The zero-order valence-electron chi connectivity index (χ0n) is 9.94. The molecule has 19 heavy (non-hydrogen) atoms. The molecule has 6 heteroatoms. The summed E-state index contributed by atoms with van der Waals surface area (Å²) in [4.78, 5) is 11.6. The minimum absolute atomic E-state index is 0.105. The highest BCUT2D eigenvalue weighted by Crippen LogP contribution is 2.39. The highest BCUT2D eigenvalue weighted by atomic mass is 35.5. The summed E-state index contributed by atoms with van der Waals surface area (Å²) in [5.74, 6) is -0.105. The van der Waals surface area contributed by atoms with Crippen LogP contribution < -0.4 is 0 Å². The van der Waals surface area contributed by atoms with Crippen molar-refractivity contribution >= 4 is 40.9 Å². The molecule has 0 aliphatic heterocycles. The van der Waals surface area contributed by atoms with E-state index < -0.39 is 3.92 Å². The van der Waals surface area contributed by atoms with E-state index in [0.717, 1.165) is 11.1 Å². The first-order valence-electron chi connectivity index (χ1n) is 5.41. The Bertz CT molecular complexity index is 592. The Kier molecular flexibility index (Phi) is 4.23. The van der Waals surface area contributed by atoms with Crippen molar-refractivity contribution in [2.75, 3.05) is 0 Å². The standard InChI is InChI=1S/C13H10Cl2FNOS/c1-9(18)11-7-17(19-13(14,15)16)8-12(11)10-5-3-2-4-6-10/h2-8H,1H3. The number of hydrogen-bond acceptors (Lipinski definition) is 2. The van der Waals surface area contributed by atoms with E-state index >= 15 is 0 Å². The zero-order chi connectivity index (χ0) is 14.0. The topological polar surface area (TPSA) is 22.0 Å². The Morgan fingerprint density at radius 2 is 1.89 bits per heavy atom. The first kappa shape index (κ1) is 14.4. The molecule has 0 saturated carbocycles. The molecule has 0 aliphatic rings. The number of alkyl halides is 3. The maximum Gasteiger partial charge on any atom is 0.323 e. The molecule has 1 heterocycles. The van der Waals surface area contributed by atoms with Crippen LogP contribution in [0.1, 0.15) is 17.3 Å². The lowest BCUT2D eigenvalue weighted by Gasteiger charge is -2.07. The third-order valence-electron chi connectivity index (χ3n) is 2.48. The predicted molar refractivity (Wildman–Crippen MR) is 78.4 cm³/mol. The molecule has 0 fully saturated rings. The molecule has 2 aromatic rings. The molecule has 2 nitrogen and oxygen atoms in total. The number of aromatic nitrogens is 1. The Morgan fingerprint density at radius 3 is 2.42 bits per heavy atom. The van der Waals surface area contributed by atoms with Crippen LogP contribution in [0, 0.1) is 0 Å². The van der Waals surface area contributed by atoms with Crippen LogP contribution in [0.15, 0.2) is 42.7 Å². The van der Waals surface area contributed by atoms with Crippen LogP contribution in [0.25, 0.3) is 11.1 Å². The zero-order valence-corrected chi connectivity index (χ0v) is 12.3. The predicted octanol–water partition coefficient (Wildman–Crippen LogP) is 4.91. The van der Waals surface area contributed by atoms with Crippen molar-refractivity contribution in [3.8, 4) is 11.1 Å². The number of hydrogen-bond donors (Lipinski definition) is 0. The van der Waals surface area contributed by atoms with E-state index in [1.54, 1.807) is 6.20 Å². The summed E-state index contributed by atoms with van der Waals surface area (Å²) in [5, 5.41) is 0. The third-order valence-corrected chi connectivity index (χ3v) is 3.52. The van der Waals surface area contributed by atoms with E-state index in [-0.39, 0.29) is 5.78 Å². The lowest BCUT2D eigenvalue weighted by atomic mass is 10.0. The first-order chi connectivity index (χ1) is 8.87. The van der Waals surface area contributed by atoms with Gasteiger partial charge in [-0.25, -0.2) is 0 Å². The summed E-state index contributed by atoms with van der Waals surface area (Å²) in [5.41, 5.74) is 2.09. The van der Waals surface area contributed by atoms with Crippen LogP contribution in [0.3, 0.4) is 0 Å². The molecule has 1 aromatic heterocycles. The van der Waals surface area contributed by atoms with Gasteiger partial charge in [0.2, 0.25) is 0 Å². The molecule has 0 spiro atoms. The number of benzene rings is 1. The van der Waals surface area contributed by atoms with Crippen LogP contribution in [0.4, 0.5) is 4.39 Å². The number of carbonyl (C=O) groups is 1. The SMILES string of the molecule is CC(=O)c1cn(SC(F)(Cl)Cl)cc1-c1ccccc1. The van der Waals surface area contributed by atoms with Gasteiger partial charge < -0.3 is 0 Å². The van der Waals surface area contributed by atoms with Gasteiger partial charge in [-0.2, -0.15) is 4.39 Å². The fraction of sp³-hybridized carbons (Fsp3) is 0.154. The number of ketones is 1. The normalized spacial score (nSPS) is 11.6. The van der Waals surface area contributed by atoms with E-state index in [4.69, 9.17) is 23.2 Å². The summed E-state index contributed by atoms with van der Waals surface area (Å²) in [7, 11) is 0. The molecule has 1 aromatic carbocycles. The third kappa shape index (κ3) is 3.75. The van der Waals surface area contributed by atoms with Gasteiger partial charge in [-0.05, 0) is 12.5 Å². The average molecular weight is 318 g/mol. The maximum atomic E-state index is 13.2. The van der Waals surface area contributed by atoms with Crippen molar-refractivity contribution < 1.29 is 9.18 Å². The van der Waals surface area contributed by atoms with Crippen molar-refractivity contribution in [2.24, 2.45) is 0 Å². The summed E-state index contributed by atoms with van der Waals surface area (Å²) in [6.45, 7) is 1.46. The highest BCUT2D eigenvalue weighted by Gasteiger charge is 2.25. The number of Topliss-reactive ketones (excluding diaryl/α,β-unsaturated/α-hetero) is 1. The van der Waals surface area contributed by atoms with E-state index in [9.17, 15) is 9.18 Å². The van der Waals surface area contributed by atoms with Crippen molar-refractivity contribution in [1.82, 2.24) is 3.97 Å². The van der Waals surface area contributed by atoms with Crippen molar-refractivity contribution in [2.45, 2.75) is 10.8 Å². The number of rotatable bonds is 4. The smallest absolute Gasteiger partial charge is 0.294 e. The molecule has 100 valence electrons. The second-order valence-corrected chi connectivity index (χ2v) is 6.75. The first-order valence-corrected chi connectivity index (χ1v) is 6.94. The Hall–Kier alpha value is -0.970. The minimum Gasteiger partial charge on any atom is -0.294 e. The van der Waals surface area contributed by atoms with E-state index in [2.05, 4.69) is 0 Å². The molecule has 0 unspecified atom stereocenters. The van der Waals surface area contributed by atoms with Crippen molar-refractivity contribution in [3.05, 3.63) is 48.3 Å². The number of nitrogens with zero attached hydrogens (tertiary/aromatic N) is 1. The second kappa shape index (κ2) is 5.57. The van der Waals surface area contributed by atoms with E-state index in [0.29, 0.717) is 17.5 Å². The quantitative estimate of drug-likeness (QED) is 0.590. The number of carbonyl (C=O) groups excluding carboxylic acids is 1. The Balaban J connectivity index is 2.45. The van der Waals surface area contributed by atoms with E-state index in [1.165, 1.54) is 17.1 Å². The van der Waals surface area contributed by atoms with E-state index in [1.807, 2.05) is 30.3 Å². The molecule has 0 saturated heterocycles. The molecule has 2 rings (SSSR count). The molecular weight excluding hydrogens is 308 g/mol. The largest absolute Gasteiger partial charge is 0.323 e. The summed E-state index contributed by atoms with van der Waals surface area (Å²) < 4.78 is 12.2. The van der Waals surface area contributed by atoms with Crippen LogP contribution in [0.5, 0.6) is 0 Å². The molecule has 0 aliphatic carbocycles. The fourth-order valence-corrected chi connectivity index (χ4v) is 2.76. The van der Waals surface area contributed by atoms with Gasteiger partial charge in [0.25, 0.3) is 0 Å². The summed E-state index contributed by atoms with van der Waals surface area (Å²) in [6.07, 6.45) is 3.16. The monoisotopic (exact) mass is 317 g/mol. The molecule has 0 atom stereocenters. The van der Waals surface area contributed by atoms with Gasteiger partial charge in [-0.15, -0.1) is 0 Å². The van der Waals surface area contributed by atoms with Gasteiger partial charge in [-0.1, -0.05) is 53.5 Å². The van der Waals surface area contributed by atoms with Gasteiger partial charge in [0, 0.05) is 35.5 Å². The van der Waals surface area contributed by atoms with Crippen molar-refractivity contribution in [3.63, 3.8) is 0 Å².